The number of aromatic nitrogens is 1. The molecule has 0 amide bonds. The maximum atomic E-state index is 10.9. The summed E-state index contributed by atoms with van der Waals surface area (Å²) >= 11 is 1.59. The molecule has 1 saturated carbocycles. The summed E-state index contributed by atoms with van der Waals surface area (Å²) in [5.74, 6) is -1.06. The zero-order chi connectivity index (χ0) is 14.9. The van der Waals surface area contributed by atoms with Gasteiger partial charge in [0, 0.05) is 12.2 Å². The third-order valence-corrected chi connectivity index (χ3v) is 5.01. The average Bonchev–Trinajstić information content (AvgIpc) is 2.93. The number of aliphatic carboxylic acids is 1. The van der Waals surface area contributed by atoms with Crippen LogP contribution in [0.3, 0.4) is 0 Å². The Morgan fingerprint density at radius 2 is 2.19 bits per heavy atom. The first-order valence-electron chi connectivity index (χ1n) is 7.08. The van der Waals surface area contributed by atoms with Gasteiger partial charge in [-0.2, -0.15) is 0 Å². The molecule has 2 aromatic rings. The van der Waals surface area contributed by atoms with Crippen LogP contribution in [0.2, 0.25) is 0 Å². The largest absolute Gasteiger partial charge is 0.481 e. The van der Waals surface area contributed by atoms with E-state index in [1.54, 1.807) is 11.3 Å². The number of thiazole rings is 1. The van der Waals surface area contributed by atoms with Crippen molar-refractivity contribution in [2.24, 2.45) is 5.92 Å². The third kappa shape index (κ3) is 3.16. The normalized spacial score (nSPS) is 25.9. The maximum Gasteiger partial charge on any atom is 0.306 e. The zero-order valence-corrected chi connectivity index (χ0v) is 12.4. The van der Waals surface area contributed by atoms with Crippen molar-refractivity contribution in [3.63, 3.8) is 0 Å². The van der Waals surface area contributed by atoms with E-state index < -0.39 is 11.6 Å². The fourth-order valence-corrected chi connectivity index (χ4v) is 3.53. The van der Waals surface area contributed by atoms with Crippen molar-refractivity contribution in [3.8, 4) is 0 Å². The van der Waals surface area contributed by atoms with Gasteiger partial charge in [-0.05, 0) is 43.9 Å². The molecular formula is C15H18N2O3S. The number of fused-ring (bicyclic) bond motifs is 1. The Hall–Kier alpha value is -1.66. The minimum absolute atomic E-state index is 0.307. The Morgan fingerprint density at radius 1 is 1.43 bits per heavy atom. The number of carboxylic acid groups (broad SMARTS) is 1. The highest BCUT2D eigenvalue weighted by molar-refractivity contribution is 7.16. The van der Waals surface area contributed by atoms with Crippen molar-refractivity contribution < 1.29 is 15.0 Å². The Kier molecular flexibility index (Phi) is 3.82. The lowest BCUT2D eigenvalue weighted by molar-refractivity contribution is -0.144. The van der Waals surface area contributed by atoms with Crippen molar-refractivity contribution in [1.82, 2.24) is 4.98 Å². The highest BCUT2D eigenvalue weighted by atomic mass is 32.1. The van der Waals surface area contributed by atoms with Crippen LogP contribution in [-0.4, -0.2) is 33.3 Å². The van der Waals surface area contributed by atoms with Crippen molar-refractivity contribution in [2.45, 2.75) is 31.3 Å². The van der Waals surface area contributed by atoms with Gasteiger partial charge in [-0.1, -0.05) is 0 Å². The fraction of sp³-hybridized carbons (Fsp3) is 0.467. The van der Waals surface area contributed by atoms with Crippen LogP contribution >= 0.6 is 11.3 Å². The van der Waals surface area contributed by atoms with Crippen LogP contribution in [0.1, 0.15) is 25.7 Å². The van der Waals surface area contributed by atoms with Crippen LogP contribution in [0, 0.1) is 5.92 Å². The number of nitrogens with zero attached hydrogens (tertiary/aromatic N) is 1. The van der Waals surface area contributed by atoms with E-state index in [-0.39, 0.29) is 5.92 Å². The minimum Gasteiger partial charge on any atom is -0.481 e. The molecule has 112 valence electrons. The Labute approximate surface area is 126 Å². The first kappa shape index (κ1) is 14.3. The molecule has 0 saturated heterocycles. The van der Waals surface area contributed by atoms with Gasteiger partial charge in [-0.3, -0.25) is 4.79 Å². The van der Waals surface area contributed by atoms with Crippen molar-refractivity contribution in [3.05, 3.63) is 23.7 Å². The summed E-state index contributed by atoms with van der Waals surface area (Å²) in [6, 6.07) is 5.94. The second kappa shape index (κ2) is 5.61. The van der Waals surface area contributed by atoms with Crippen LogP contribution < -0.4 is 5.32 Å². The predicted molar refractivity (Wildman–Crippen MR) is 82.7 cm³/mol. The van der Waals surface area contributed by atoms with Crippen LogP contribution in [0.25, 0.3) is 10.2 Å². The van der Waals surface area contributed by atoms with Crippen LogP contribution in [0.5, 0.6) is 0 Å². The number of carboxylic acids is 1. The van der Waals surface area contributed by atoms with E-state index >= 15 is 0 Å². The Morgan fingerprint density at radius 3 is 2.90 bits per heavy atom. The average molecular weight is 306 g/mol. The van der Waals surface area contributed by atoms with Crippen LogP contribution in [-0.2, 0) is 4.79 Å². The molecule has 21 heavy (non-hydrogen) atoms. The second-order valence-electron chi connectivity index (χ2n) is 5.73. The number of benzene rings is 1. The topological polar surface area (TPSA) is 82.5 Å². The molecule has 1 aromatic carbocycles. The number of nitrogens with one attached hydrogen (secondary N) is 1. The lowest BCUT2D eigenvalue weighted by Gasteiger charge is -2.35. The number of aliphatic hydroxyl groups is 1. The molecule has 0 radical (unpaired) electrons. The van der Waals surface area contributed by atoms with E-state index in [0.717, 1.165) is 15.9 Å². The van der Waals surface area contributed by atoms with Gasteiger partial charge in [0.15, 0.2) is 0 Å². The number of carbonyl (C=O) groups is 1. The number of hydrogen-bond donors (Lipinski definition) is 3. The van der Waals surface area contributed by atoms with Gasteiger partial charge in [0.25, 0.3) is 0 Å². The molecule has 0 unspecified atom stereocenters. The van der Waals surface area contributed by atoms with Crippen LogP contribution in [0.4, 0.5) is 5.69 Å². The quantitative estimate of drug-likeness (QED) is 0.809. The summed E-state index contributed by atoms with van der Waals surface area (Å²) < 4.78 is 1.11. The summed E-state index contributed by atoms with van der Waals surface area (Å²) in [6.07, 6.45) is 2.14. The highest BCUT2D eigenvalue weighted by Gasteiger charge is 2.35. The standard InChI is InChI=1S/C15H18N2O3S/c18-14(19)10-3-5-15(20,6-4-10)8-16-11-1-2-12-13(7-11)21-9-17-12/h1-2,7,9-10,16,20H,3-6,8H2,(H,18,19). The molecule has 3 N–H and O–H groups in total. The van der Waals surface area contributed by atoms with Crippen molar-refractivity contribution in [1.29, 1.82) is 0 Å². The van der Waals surface area contributed by atoms with Gasteiger partial charge in [-0.15, -0.1) is 11.3 Å². The second-order valence-corrected chi connectivity index (χ2v) is 6.61. The van der Waals surface area contributed by atoms with E-state index in [0.29, 0.717) is 32.2 Å². The number of hydrogen-bond acceptors (Lipinski definition) is 5. The molecule has 5 nitrogen and oxygen atoms in total. The molecule has 1 aliphatic rings. The minimum atomic E-state index is -0.811. The zero-order valence-electron chi connectivity index (χ0n) is 11.6. The molecule has 1 heterocycles. The van der Waals surface area contributed by atoms with E-state index in [4.69, 9.17) is 5.11 Å². The molecule has 0 bridgehead atoms. The van der Waals surface area contributed by atoms with Gasteiger partial charge in [0.1, 0.15) is 0 Å². The first-order chi connectivity index (χ1) is 10.1. The molecule has 1 fully saturated rings. The predicted octanol–water partition coefficient (Wildman–Crippen LogP) is 2.71. The molecule has 1 aliphatic carbocycles. The molecule has 0 atom stereocenters. The molecule has 6 heteroatoms. The molecule has 3 rings (SSSR count). The van der Waals surface area contributed by atoms with Crippen molar-refractivity contribution in [2.75, 3.05) is 11.9 Å². The summed E-state index contributed by atoms with van der Waals surface area (Å²) in [6.45, 7) is 0.448. The number of rotatable bonds is 4. The summed E-state index contributed by atoms with van der Waals surface area (Å²) in [7, 11) is 0. The van der Waals surface area contributed by atoms with Gasteiger partial charge in [0.2, 0.25) is 0 Å². The van der Waals surface area contributed by atoms with Gasteiger partial charge < -0.3 is 15.5 Å². The van der Waals surface area contributed by atoms with Crippen LogP contribution in [0.15, 0.2) is 23.7 Å². The van der Waals surface area contributed by atoms with Gasteiger partial charge in [-0.25, -0.2) is 4.98 Å². The Balaban J connectivity index is 1.60. The fourth-order valence-electron chi connectivity index (χ4n) is 2.81. The molecule has 0 aliphatic heterocycles. The highest BCUT2D eigenvalue weighted by Crippen LogP contribution is 2.32. The van der Waals surface area contributed by atoms with E-state index in [1.165, 1.54) is 0 Å². The van der Waals surface area contributed by atoms with Gasteiger partial charge >= 0.3 is 5.97 Å². The van der Waals surface area contributed by atoms with Crippen molar-refractivity contribution >= 4 is 33.2 Å². The molecular weight excluding hydrogens is 288 g/mol. The summed E-state index contributed by atoms with van der Waals surface area (Å²) in [5.41, 5.74) is 2.94. The summed E-state index contributed by atoms with van der Waals surface area (Å²) in [4.78, 5) is 15.2. The van der Waals surface area contributed by atoms with Gasteiger partial charge in [0.05, 0.1) is 27.2 Å². The molecule has 0 spiro atoms. The number of anilines is 1. The maximum absolute atomic E-state index is 10.9. The SMILES string of the molecule is O=C(O)C1CCC(O)(CNc2ccc3ncsc3c2)CC1. The summed E-state index contributed by atoms with van der Waals surface area (Å²) in [5, 5.41) is 22.8. The van der Waals surface area contributed by atoms with E-state index in [9.17, 15) is 9.90 Å². The lowest BCUT2D eigenvalue weighted by atomic mass is 9.79. The smallest absolute Gasteiger partial charge is 0.306 e. The van der Waals surface area contributed by atoms with E-state index in [2.05, 4.69) is 10.3 Å². The molecule has 1 aromatic heterocycles. The van der Waals surface area contributed by atoms with E-state index in [1.807, 2.05) is 23.7 Å². The Bertz CT molecular complexity index is 647. The third-order valence-electron chi connectivity index (χ3n) is 4.22. The monoisotopic (exact) mass is 306 g/mol. The lowest BCUT2D eigenvalue weighted by Crippen LogP contribution is -2.41. The first-order valence-corrected chi connectivity index (χ1v) is 7.96.